The van der Waals surface area contributed by atoms with Gasteiger partial charge in [0.2, 0.25) is 5.91 Å². The molecule has 0 bridgehead atoms. The molecule has 3 amide bonds. The highest BCUT2D eigenvalue weighted by molar-refractivity contribution is 5.96. The van der Waals surface area contributed by atoms with E-state index in [1.807, 2.05) is 49.5 Å². The van der Waals surface area contributed by atoms with Crippen molar-refractivity contribution in [1.29, 1.82) is 0 Å². The highest BCUT2D eigenvalue weighted by atomic mass is 16.2. The number of piperidine rings is 1. The first-order valence-electron chi connectivity index (χ1n) is 12.4. The molecule has 0 unspecified atom stereocenters. The minimum atomic E-state index is -0.130. The number of carbonyl (C=O) groups is 3. The maximum atomic E-state index is 13.5. The van der Waals surface area contributed by atoms with Gasteiger partial charge in [-0.05, 0) is 36.6 Å². The highest BCUT2D eigenvalue weighted by Crippen LogP contribution is 2.26. The fourth-order valence-electron chi connectivity index (χ4n) is 5.03. The fourth-order valence-corrected chi connectivity index (χ4v) is 5.03. The van der Waals surface area contributed by atoms with Crippen LogP contribution in [-0.2, 0) is 31.4 Å². The molecule has 186 valence electrons. The molecule has 1 aromatic carbocycles. The van der Waals surface area contributed by atoms with Crippen molar-refractivity contribution in [2.24, 2.45) is 13.0 Å². The average Bonchev–Trinajstić information content (AvgIpc) is 3.27. The molecule has 2 aromatic heterocycles. The molecule has 9 heteroatoms. The van der Waals surface area contributed by atoms with Crippen LogP contribution in [0.2, 0.25) is 0 Å². The molecule has 2 aliphatic heterocycles. The molecule has 0 aliphatic carbocycles. The van der Waals surface area contributed by atoms with Gasteiger partial charge in [-0.3, -0.25) is 24.0 Å². The van der Waals surface area contributed by atoms with Crippen LogP contribution in [0.3, 0.4) is 0 Å². The maximum absolute atomic E-state index is 13.5. The summed E-state index contributed by atoms with van der Waals surface area (Å²) >= 11 is 0. The molecule has 2 aliphatic rings. The minimum Gasteiger partial charge on any atom is -0.352 e. The Morgan fingerprint density at radius 1 is 0.972 bits per heavy atom. The quantitative estimate of drug-likeness (QED) is 0.596. The van der Waals surface area contributed by atoms with Crippen molar-refractivity contribution < 1.29 is 14.4 Å². The third-order valence-electron chi connectivity index (χ3n) is 7.10. The number of aryl methyl sites for hydroxylation is 1. The van der Waals surface area contributed by atoms with Crippen molar-refractivity contribution in [2.45, 2.75) is 32.4 Å². The number of carbonyl (C=O) groups excluding carboxylic acids is 3. The van der Waals surface area contributed by atoms with E-state index in [9.17, 15) is 14.4 Å². The Bertz CT molecular complexity index is 1250. The topological polar surface area (TPSA) is 100 Å². The summed E-state index contributed by atoms with van der Waals surface area (Å²) in [5.41, 5.74) is 3.84. The van der Waals surface area contributed by atoms with Crippen molar-refractivity contribution in [3.63, 3.8) is 0 Å². The van der Waals surface area contributed by atoms with Crippen molar-refractivity contribution in [3.05, 3.63) is 82.9 Å². The lowest BCUT2D eigenvalue weighted by molar-refractivity contribution is -0.126. The Labute approximate surface area is 210 Å². The lowest BCUT2D eigenvalue weighted by atomic mass is 9.95. The number of nitrogens with zero attached hydrogens (tertiary/aromatic N) is 5. The van der Waals surface area contributed by atoms with E-state index in [4.69, 9.17) is 0 Å². The summed E-state index contributed by atoms with van der Waals surface area (Å²) in [6.07, 6.45) is 5.32. The van der Waals surface area contributed by atoms with Crippen LogP contribution in [0, 0.1) is 5.92 Å². The number of hydrogen-bond donors (Lipinski definition) is 1. The molecule has 9 nitrogen and oxygen atoms in total. The second-order valence-corrected chi connectivity index (χ2v) is 9.39. The first-order chi connectivity index (χ1) is 17.5. The van der Waals surface area contributed by atoms with Crippen molar-refractivity contribution >= 4 is 17.7 Å². The van der Waals surface area contributed by atoms with Gasteiger partial charge in [0.15, 0.2) is 5.69 Å². The van der Waals surface area contributed by atoms with E-state index >= 15 is 0 Å². The van der Waals surface area contributed by atoms with E-state index in [1.54, 1.807) is 26.9 Å². The number of benzene rings is 1. The van der Waals surface area contributed by atoms with Crippen LogP contribution in [-0.4, -0.2) is 61.9 Å². The SMILES string of the molecule is Cn1nc(C(=O)N2CCC(C(=O)NCc3cccnc3)CC2)c2c1CCN(C(=O)c1ccccc1)C2. The van der Waals surface area contributed by atoms with Gasteiger partial charge in [-0.25, -0.2) is 0 Å². The van der Waals surface area contributed by atoms with Crippen LogP contribution in [0.5, 0.6) is 0 Å². The van der Waals surface area contributed by atoms with Crippen molar-refractivity contribution in [2.75, 3.05) is 19.6 Å². The van der Waals surface area contributed by atoms with E-state index < -0.39 is 0 Å². The van der Waals surface area contributed by atoms with Gasteiger partial charge in [-0.2, -0.15) is 5.10 Å². The van der Waals surface area contributed by atoms with Crippen LogP contribution in [0.1, 0.15) is 50.5 Å². The van der Waals surface area contributed by atoms with Crippen molar-refractivity contribution in [1.82, 2.24) is 29.9 Å². The van der Waals surface area contributed by atoms with Crippen LogP contribution in [0.15, 0.2) is 54.9 Å². The molecule has 0 atom stereocenters. The molecule has 3 aromatic rings. The van der Waals surface area contributed by atoms with Gasteiger partial charge in [0.25, 0.3) is 11.8 Å². The maximum Gasteiger partial charge on any atom is 0.274 e. The summed E-state index contributed by atoms with van der Waals surface area (Å²) in [6.45, 7) is 2.41. The van der Waals surface area contributed by atoms with E-state index in [1.165, 1.54) is 0 Å². The molecule has 36 heavy (non-hydrogen) atoms. The molecule has 1 N–H and O–H groups in total. The first-order valence-corrected chi connectivity index (χ1v) is 12.4. The predicted molar refractivity (Wildman–Crippen MR) is 133 cm³/mol. The highest BCUT2D eigenvalue weighted by Gasteiger charge is 2.34. The Morgan fingerprint density at radius 3 is 2.47 bits per heavy atom. The number of likely N-dealkylation sites (tertiary alicyclic amines) is 1. The van der Waals surface area contributed by atoms with Gasteiger partial charge in [0, 0.05) is 74.8 Å². The number of pyridine rings is 1. The molecule has 0 spiro atoms. The number of fused-ring (bicyclic) bond motifs is 1. The number of hydrogen-bond acceptors (Lipinski definition) is 5. The number of rotatable bonds is 5. The van der Waals surface area contributed by atoms with Gasteiger partial charge in [-0.15, -0.1) is 0 Å². The molecular formula is C27H30N6O3. The molecule has 4 heterocycles. The van der Waals surface area contributed by atoms with Crippen molar-refractivity contribution in [3.8, 4) is 0 Å². The van der Waals surface area contributed by atoms with Gasteiger partial charge in [0.05, 0.1) is 6.54 Å². The largest absolute Gasteiger partial charge is 0.352 e. The molecule has 1 fully saturated rings. The van der Waals surface area contributed by atoms with E-state index in [0.29, 0.717) is 63.2 Å². The Morgan fingerprint density at radius 2 is 1.75 bits per heavy atom. The average molecular weight is 487 g/mol. The van der Waals surface area contributed by atoms with Crippen LogP contribution in [0.4, 0.5) is 0 Å². The summed E-state index contributed by atoms with van der Waals surface area (Å²) in [5, 5.41) is 7.54. The smallest absolute Gasteiger partial charge is 0.274 e. The van der Waals surface area contributed by atoms with Gasteiger partial charge < -0.3 is 15.1 Å². The monoisotopic (exact) mass is 486 g/mol. The zero-order chi connectivity index (χ0) is 25.1. The minimum absolute atomic E-state index is 0.0104. The van der Waals surface area contributed by atoms with Crippen LogP contribution >= 0.6 is 0 Å². The van der Waals surface area contributed by atoms with E-state index in [-0.39, 0.29) is 23.6 Å². The summed E-state index contributed by atoms with van der Waals surface area (Å²) in [4.78, 5) is 46.7. The molecule has 1 saturated heterocycles. The summed E-state index contributed by atoms with van der Waals surface area (Å²) < 4.78 is 1.77. The van der Waals surface area contributed by atoms with Gasteiger partial charge in [-0.1, -0.05) is 24.3 Å². The predicted octanol–water partition coefficient (Wildman–Crippen LogP) is 2.18. The van der Waals surface area contributed by atoms with Crippen LogP contribution in [0.25, 0.3) is 0 Å². The Hall–Kier alpha value is -4.01. The summed E-state index contributed by atoms with van der Waals surface area (Å²) in [5.74, 6) is -0.282. The Balaban J connectivity index is 1.21. The third kappa shape index (κ3) is 4.86. The van der Waals surface area contributed by atoms with E-state index in [0.717, 1.165) is 16.8 Å². The van der Waals surface area contributed by atoms with E-state index in [2.05, 4.69) is 15.4 Å². The second-order valence-electron chi connectivity index (χ2n) is 9.39. The summed E-state index contributed by atoms with van der Waals surface area (Å²) in [6, 6.07) is 13.0. The standard InChI is InChI=1S/C27H30N6O3/c1-31-23-11-15-33(26(35)21-7-3-2-4-8-21)18-22(23)24(30-31)27(36)32-13-9-20(10-14-32)25(34)29-17-19-6-5-12-28-16-19/h2-8,12,16,20H,9-11,13-15,17-18H2,1H3,(H,29,34). The molecule has 0 saturated carbocycles. The Kier molecular flexibility index (Phi) is 6.79. The lowest BCUT2D eigenvalue weighted by Crippen LogP contribution is -2.43. The van der Waals surface area contributed by atoms with Gasteiger partial charge >= 0.3 is 0 Å². The fraction of sp³-hybridized carbons (Fsp3) is 0.370. The number of aromatic nitrogens is 3. The second kappa shape index (κ2) is 10.3. The molecule has 5 rings (SSSR count). The molecular weight excluding hydrogens is 456 g/mol. The zero-order valence-electron chi connectivity index (χ0n) is 20.4. The molecule has 0 radical (unpaired) electrons. The summed E-state index contributed by atoms with van der Waals surface area (Å²) in [7, 11) is 1.85. The lowest BCUT2D eigenvalue weighted by Gasteiger charge is -2.32. The normalized spacial score (nSPS) is 15.9. The van der Waals surface area contributed by atoms with Crippen LogP contribution < -0.4 is 5.32 Å². The number of amides is 3. The first kappa shape index (κ1) is 23.7. The van der Waals surface area contributed by atoms with Gasteiger partial charge in [0.1, 0.15) is 0 Å². The number of nitrogens with one attached hydrogen (secondary N) is 1. The third-order valence-corrected chi connectivity index (χ3v) is 7.10. The zero-order valence-corrected chi connectivity index (χ0v) is 20.4.